The molecule has 0 radical (unpaired) electrons. The Hall–Kier alpha value is -2.18. The Balaban J connectivity index is 1.57. The molecule has 0 unspecified atom stereocenters. The number of hydrogen-bond acceptors (Lipinski definition) is 6. The molecule has 1 aromatic carbocycles. The van der Waals surface area contributed by atoms with Crippen molar-refractivity contribution in [2.45, 2.75) is 25.2 Å². The fourth-order valence-electron chi connectivity index (χ4n) is 4.47. The first-order valence-corrected chi connectivity index (χ1v) is 10.2. The van der Waals surface area contributed by atoms with Crippen molar-refractivity contribution in [2.75, 3.05) is 55.7 Å². The Morgan fingerprint density at radius 2 is 1.74 bits per heavy atom. The number of nitrogens with zero attached hydrogens (tertiary/aromatic N) is 4. The van der Waals surface area contributed by atoms with Gasteiger partial charge in [-0.05, 0) is 44.5 Å². The van der Waals surface area contributed by atoms with Crippen LogP contribution < -0.4 is 15.1 Å². The number of hydrogen-bond donors (Lipinski definition) is 1. The molecule has 0 amide bonds. The van der Waals surface area contributed by atoms with Gasteiger partial charge in [0.15, 0.2) is 0 Å². The molecule has 2 saturated heterocycles. The number of aromatic nitrogens is 2. The molecule has 3 aliphatic heterocycles. The van der Waals surface area contributed by atoms with Crippen molar-refractivity contribution in [3.05, 3.63) is 41.6 Å². The maximum absolute atomic E-state index is 5.53. The zero-order valence-electron chi connectivity index (χ0n) is 15.7. The van der Waals surface area contributed by atoms with Crippen molar-refractivity contribution in [1.29, 1.82) is 0 Å². The maximum Gasteiger partial charge on any atom is 0.227 e. The third kappa shape index (κ3) is 3.28. The SMILES string of the molecule is c1ccc(N2CCc3c(C4CCNCC4)nc(N4CCOCC4)nc32)cc1. The molecule has 1 aromatic heterocycles. The van der Waals surface area contributed by atoms with Gasteiger partial charge in [0.1, 0.15) is 5.82 Å². The number of piperidine rings is 1. The third-order valence-corrected chi connectivity index (χ3v) is 5.93. The molecule has 0 bridgehead atoms. The van der Waals surface area contributed by atoms with Gasteiger partial charge in [-0.1, -0.05) is 18.2 Å². The molecular weight excluding hydrogens is 338 g/mol. The molecule has 2 aromatic rings. The van der Waals surface area contributed by atoms with Crippen LogP contribution in [0.5, 0.6) is 0 Å². The van der Waals surface area contributed by atoms with Gasteiger partial charge in [0, 0.05) is 36.8 Å². The number of anilines is 3. The summed E-state index contributed by atoms with van der Waals surface area (Å²) in [6, 6.07) is 10.6. The highest BCUT2D eigenvalue weighted by atomic mass is 16.5. The molecule has 27 heavy (non-hydrogen) atoms. The summed E-state index contributed by atoms with van der Waals surface area (Å²) in [7, 11) is 0. The average molecular weight is 365 g/mol. The lowest BCUT2D eigenvalue weighted by atomic mass is 9.91. The van der Waals surface area contributed by atoms with Crippen molar-refractivity contribution in [3.8, 4) is 0 Å². The first-order valence-electron chi connectivity index (χ1n) is 10.2. The van der Waals surface area contributed by atoms with Gasteiger partial charge in [-0.2, -0.15) is 4.98 Å². The minimum Gasteiger partial charge on any atom is -0.378 e. The number of para-hydroxylation sites is 1. The predicted molar refractivity (Wildman–Crippen MR) is 107 cm³/mol. The molecule has 6 heteroatoms. The van der Waals surface area contributed by atoms with Crippen LogP contribution >= 0.6 is 0 Å². The highest BCUT2D eigenvalue weighted by Crippen LogP contribution is 2.39. The zero-order valence-corrected chi connectivity index (χ0v) is 15.7. The van der Waals surface area contributed by atoms with Crippen LogP contribution in [0.4, 0.5) is 17.5 Å². The fourth-order valence-corrected chi connectivity index (χ4v) is 4.47. The van der Waals surface area contributed by atoms with Gasteiger partial charge in [0.05, 0.1) is 18.9 Å². The van der Waals surface area contributed by atoms with Crippen molar-refractivity contribution in [3.63, 3.8) is 0 Å². The summed E-state index contributed by atoms with van der Waals surface area (Å²) in [5.74, 6) is 2.54. The van der Waals surface area contributed by atoms with E-state index in [0.29, 0.717) is 5.92 Å². The van der Waals surface area contributed by atoms with Crippen molar-refractivity contribution >= 4 is 17.5 Å². The number of morpholine rings is 1. The molecule has 0 saturated carbocycles. The molecule has 2 fully saturated rings. The number of nitrogens with one attached hydrogen (secondary N) is 1. The summed E-state index contributed by atoms with van der Waals surface area (Å²) >= 11 is 0. The van der Waals surface area contributed by atoms with Crippen LogP contribution in [0.1, 0.15) is 30.0 Å². The molecule has 0 spiro atoms. The van der Waals surface area contributed by atoms with Gasteiger partial charge in [-0.25, -0.2) is 4.98 Å². The van der Waals surface area contributed by atoms with E-state index in [1.54, 1.807) is 0 Å². The van der Waals surface area contributed by atoms with Crippen LogP contribution in [-0.4, -0.2) is 55.9 Å². The van der Waals surface area contributed by atoms with E-state index in [-0.39, 0.29) is 0 Å². The number of benzene rings is 1. The molecule has 6 nitrogen and oxygen atoms in total. The first kappa shape index (κ1) is 17.0. The molecular formula is C21H27N5O. The molecule has 3 aliphatic rings. The summed E-state index contributed by atoms with van der Waals surface area (Å²) in [5.41, 5.74) is 3.88. The van der Waals surface area contributed by atoms with E-state index in [4.69, 9.17) is 14.7 Å². The van der Waals surface area contributed by atoms with Gasteiger partial charge in [-0.15, -0.1) is 0 Å². The minimum atomic E-state index is 0.540. The largest absolute Gasteiger partial charge is 0.378 e. The van der Waals surface area contributed by atoms with Gasteiger partial charge >= 0.3 is 0 Å². The van der Waals surface area contributed by atoms with Crippen molar-refractivity contribution in [1.82, 2.24) is 15.3 Å². The molecule has 142 valence electrons. The second-order valence-corrected chi connectivity index (χ2v) is 7.57. The summed E-state index contributed by atoms with van der Waals surface area (Å²) in [6.07, 6.45) is 3.36. The first-order chi connectivity index (χ1) is 13.4. The van der Waals surface area contributed by atoms with E-state index in [2.05, 4.69) is 45.4 Å². The predicted octanol–water partition coefficient (Wildman–Crippen LogP) is 2.47. The van der Waals surface area contributed by atoms with Crippen LogP contribution in [0.3, 0.4) is 0 Å². The maximum atomic E-state index is 5.53. The fraction of sp³-hybridized carbons (Fsp3) is 0.524. The lowest BCUT2D eigenvalue weighted by molar-refractivity contribution is 0.122. The third-order valence-electron chi connectivity index (χ3n) is 5.93. The standard InChI is InChI=1S/C21H27N5O/c1-2-4-17(5-3-1)26-11-8-18-19(16-6-9-22-10-7-16)23-21(24-20(18)26)25-12-14-27-15-13-25/h1-5,16,22H,6-15H2. The normalized spacial score (nSPS) is 20.7. The molecule has 1 N–H and O–H groups in total. The van der Waals surface area contributed by atoms with Crippen LogP contribution in [0.2, 0.25) is 0 Å². The Bertz CT molecular complexity index is 785. The molecule has 5 rings (SSSR count). The topological polar surface area (TPSA) is 53.5 Å². The van der Waals surface area contributed by atoms with E-state index in [9.17, 15) is 0 Å². The highest BCUT2D eigenvalue weighted by molar-refractivity contribution is 5.68. The van der Waals surface area contributed by atoms with Crippen molar-refractivity contribution < 1.29 is 4.74 Å². The van der Waals surface area contributed by atoms with Crippen molar-refractivity contribution in [2.24, 2.45) is 0 Å². The summed E-state index contributed by atoms with van der Waals surface area (Å²) in [6.45, 7) is 6.40. The Morgan fingerprint density at radius 1 is 0.963 bits per heavy atom. The van der Waals surface area contributed by atoms with Gasteiger partial charge in [0.2, 0.25) is 5.95 Å². The highest BCUT2D eigenvalue weighted by Gasteiger charge is 2.31. The Morgan fingerprint density at radius 3 is 2.52 bits per heavy atom. The summed E-state index contributed by atoms with van der Waals surface area (Å²) in [4.78, 5) is 14.8. The molecule has 0 aliphatic carbocycles. The zero-order chi connectivity index (χ0) is 18.1. The lowest BCUT2D eigenvalue weighted by Crippen LogP contribution is -2.38. The van der Waals surface area contributed by atoms with Crippen LogP contribution in [0.15, 0.2) is 30.3 Å². The number of rotatable bonds is 3. The van der Waals surface area contributed by atoms with E-state index in [1.165, 1.54) is 16.9 Å². The van der Waals surface area contributed by atoms with Gasteiger partial charge in [-0.3, -0.25) is 0 Å². The summed E-state index contributed by atoms with van der Waals surface area (Å²) in [5, 5.41) is 3.48. The number of fused-ring (bicyclic) bond motifs is 1. The summed E-state index contributed by atoms with van der Waals surface area (Å²) < 4.78 is 5.53. The Labute approximate surface area is 160 Å². The van der Waals surface area contributed by atoms with Gasteiger partial charge < -0.3 is 19.9 Å². The molecule has 4 heterocycles. The molecule has 0 atom stereocenters. The quantitative estimate of drug-likeness (QED) is 0.902. The van der Waals surface area contributed by atoms with E-state index >= 15 is 0 Å². The number of ether oxygens (including phenoxy) is 1. The second-order valence-electron chi connectivity index (χ2n) is 7.57. The van der Waals surface area contributed by atoms with E-state index < -0.39 is 0 Å². The smallest absolute Gasteiger partial charge is 0.227 e. The monoisotopic (exact) mass is 365 g/mol. The van der Waals surface area contributed by atoms with Crippen LogP contribution in [0.25, 0.3) is 0 Å². The van der Waals surface area contributed by atoms with E-state index in [0.717, 1.165) is 77.0 Å². The van der Waals surface area contributed by atoms with E-state index in [1.807, 2.05) is 0 Å². The van der Waals surface area contributed by atoms with Crippen LogP contribution in [0, 0.1) is 0 Å². The average Bonchev–Trinajstić information content (AvgIpc) is 3.19. The van der Waals surface area contributed by atoms with Crippen LogP contribution in [-0.2, 0) is 11.2 Å². The Kier molecular flexibility index (Phi) is 4.67. The minimum absolute atomic E-state index is 0.540. The second kappa shape index (κ2) is 7.44. The lowest BCUT2D eigenvalue weighted by Gasteiger charge is -2.30. The van der Waals surface area contributed by atoms with Gasteiger partial charge in [0.25, 0.3) is 0 Å².